The van der Waals surface area contributed by atoms with Crippen LogP contribution in [0.3, 0.4) is 0 Å². The molecule has 6 nitrogen and oxygen atoms in total. The molecule has 1 aliphatic rings. The van der Waals surface area contributed by atoms with Crippen molar-refractivity contribution in [1.29, 1.82) is 0 Å². The molecule has 0 unspecified atom stereocenters. The molecule has 35 heavy (non-hydrogen) atoms. The van der Waals surface area contributed by atoms with Crippen molar-refractivity contribution >= 4 is 28.4 Å². The lowest BCUT2D eigenvalue weighted by atomic mass is 9.99. The first-order chi connectivity index (χ1) is 16.8. The number of pyridine rings is 2. The van der Waals surface area contributed by atoms with Gasteiger partial charge in [-0.15, -0.1) is 0 Å². The Bertz CT molecular complexity index is 1470. The summed E-state index contributed by atoms with van der Waals surface area (Å²) >= 11 is 0. The van der Waals surface area contributed by atoms with E-state index in [4.69, 9.17) is 4.74 Å². The third kappa shape index (κ3) is 4.70. The molecule has 1 N–H and O–H groups in total. The highest BCUT2D eigenvalue weighted by Crippen LogP contribution is 2.36. The topological polar surface area (TPSA) is 81.2 Å². The SMILES string of the molecule is O=C(Cc1cccc(C(F)(F)F)c1)Cc1ccc(Oc2ccnc3c2CC(=O)N3)c2cccnc12. The number of rotatable bonds is 6. The first-order valence-corrected chi connectivity index (χ1v) is 10.8. The van der Waals surface area contributed by atoms with Gasteiger partial charge < -0.3 is 10.1 Å². The number of ether oxygens (including phenoxy) is 1. The molecule has 0 fully saturated rings. The number of halogens is 3. The Morgan fingerprint density at radius 2 is 1.83 bits per heavy atom. The molecule has 1 aliphatic heterocycles. The van der Waals surface area contributed by atoms with Gasteiger partial charge in [-0.25, -0.2) is 4.98 Å². The van der Waals surface area contributed by atoms with Crippen LogP contribution in [0.1, 0.15) is 22.3 Å². The molecule has 0 spiro atoms. The molecule has 0 aliphatic carbocycles. The minimum atomic E-state index is -4.46. The summed E-state index contributed by atoms with van der Waals surface area (Å²) in [5, 5.41) is 3.35. The molecule has 0 saturated heterocycles. The van der Waals surface area contributed by atoms with Crippen molar-refractivity contribution in [2.75, 3.05) is 5.32 Å². The van der Waals surface area contributed by atoms with Gasteiger partial charge in [-0.1, -0.05) is 24.3 Å². The molecule has 2 aromatic heterocycles. The molecule has 5 rings (SSSR count). The maximum Gasteiger partial charge on any atom is 0.416 e. The van der Waals surface area contributed by atoms with Gasteiger partial charge in [0.25, 0.3) is 0 Å². The number of carbonyl (C=O) groups excluding carboxylic acids is 2. The number of carbonyl (C=O) groups is 2. The van der Waals surface area contributed by atoms with E-state index in [9.17, 15) is 22.8 Å². The first-order valence-electron chi connectivity index (χ1n) is 10.8. The summed E-state index contributed by atoms with van der Waals surface area (Å²) in [5.74, 6) is 1.06. The van der Waals surface area contributed by atoms with E-state index >= 15 is 0 Å². The number of aromatic nitrogens is 2. The van der Waals surface area contributed by atoms with E-state index in [-0.39, 0.29) is 31.0 Å². The third-order valence-electron chi connectivity index (χ3n) is 5.68. The van der Waals surface area contributed by atoms with E-state index in [1.807, 2.05) is 6.07 Å². The Labute approximate surface area is 197 Å². The lowest BCUT2D eigenvalue weighted by molar-refractivity contribution is -0.137. The van der Waals surface area contributed by atoms with Gasteiger partial charge in [-0.2, -0.15) is 13.2 Å². The lowest BCUT2D eigenvalue weighted by Gasteiger charge is -2.13. The van der Waals surface area contributed by atoms with Crippen molar-refractivity contribution in [3.63, 3.8) is 0 Å². The molecule has 0 bridgehead atoms. The highest BCUT2D eigenvalue weighted by atomic mass is 19.4. The van der Waals surface area contributed by atoms with Crippen LogP contribution in [-0.2, 0) is 35.0 Å². The van der Waals surface area contributed by atoms with E-state index in [0.717, 1.165) is 12.1 Å². The number of nitrogens with zero attached hydrogens (tertiary/aromatic N) is 2. The largest absolute Gasteiger partial charge is 0.456 e. The van der Waals surface area contributed by atoms with E-state index in [0.29, 0.717) is 44.9 Å². The monoisotopic (exact) mass is 477 g/mol. The quantitative estimate of drug-likeness (QED) is 0.408. The molecule has 4 aromatic rings. The average Bonchev–Trinajstić information content (AvgIpc) is 3.21. The van der Waals surface area contributed by atoms with Crippen LogP contribution in [0.15, 0.2) is 67.0 Å². The van der Waals surface area contributed by atoms with Crippen LogP contribution in [0.5, 0.6) is 11.5 Å². The van der Waals surface area contributed by atoms with Gasteiger partial charge in [0.2, 0.25) is 5.91 Å². The molecule has 1 amide bonds. The van der Waals surface area contributed by atoms with Gasteiger partial charge in [0.15, 0.2) is 0 Å². The van der Waals surface area contributed by atoms with Crippen LogP contribution in [0, 0.1) is 0 Å². The molecular weight excluding hydrogens is 459 g/mol. The van der Waals surface area contributed by atoms with Gasteiger partial charge >= 0.3 is 6.18 Å². The smallest absolute Gasteiger partial charge is 0.416 e. The van der Waals surface area contributed by atoms with Crippen molar-refractivity contribution in [1.82, 2.24) is 9.97 Å². The number of nitrogens with one attached hydrogen (secondary N) is 1. The summed E-state index contributed by atoms with van der Waals surface area (Å²) in [5.41, 5.74) is 1.38. The molecule has 0 atom stereocenters. The molecular formula is C26H18F3N3O3. The second kappa shape index (κ2) is 8.83. The highest BCUT2D eigenvalue weighted by Gasteiger charge is 2.30. The van der Waals surface area contributed by atoms with Crippen LogP contribution < -0.4 is 10.1 Å². The number of hydrogen-bond donors (Lipinski definition) is 1. The van der Waals surface area contributed by atoms with Crippen LogP contribution in [-0.4, -0.2) is 21.7 Å². The van der Waals surface area contributed by atoms with E-state index in [1.54, 1.807) is 36.7 Å². The summed E-state index contributed by atoms with van der Waals surface area (Å²) in [6.45, 7) is 0. The van der Waals surface area contributed by atoms with Crippen molar-refractivity contribution in [3.8, 4) is 11.5 Å². The number of hydrogen-bond acceptors (Lipinski definition) is 5. The number of benzene rings is 2. The van der Waals surface area contributed by atoms with E-state index < -0.39 is 11.7 Å². The highest BCUT2D eigenvalue weighted by molar-refractivity contribution is 5.99. The fourth-order valence-electron chi connectivity index (χ4n) is 4.10. The van der Waals surface area contributed by atoms with Crippen molar-refractivity contribution in [2.45, 2.75) is 25.4 Å². The maximum atomic E-state index is 13.0. The van der Waals surface area contributed by atoms with E-state index in [2.05, 4.69) is 15.3 Å². The molecule has 176 valence electrons. The van der Waals surface area contributed by atoms with Crippen LogP contribution >= 0.6 is 0 Å². The number of ketones is 1. The summed E-state index contributed by atoms with van der Waals surface area (Å²) in [6, 6.07) is 13.4. The second-order valence-corrected chi connectivity index (χ2v) is 8.18. The first kappa shape index (κ1) is 22.5. The molecule has 0 radical (unpaired) electrons. The predicted octanol–water partition coefficient (Wildman–Crippen LogP) is 5.29. The van der Waals surface area contributed by atoms with Crippen molar-refractivity contribution in [3.05, 3.63) is 89.2 Å². The normalized spacial score (nSPS) is 12.9. The zero-order valence-corrected chi connectivity index (χ0v) is 18.2. The standard InChI is InChI=1S/C26H18F3N3O3/c27-26(28,29)17-4-1-3-15(11-17)12-18(33)13-16-6-7-21(19-5-2-9-30-24(16)19)35-22-8-10-31-25-20(22)14-23(34)32-25/h1-11H,12-14H2,(H,31,32,34). The Hall–Kier alpha value is -4.27. The van der Waals surface area contributed by atoms with Crippen LogP contribution in [0.2, 0.25) is 0 Å². The number of fused-ring (bicyclic) bond motifs is 2. The van der Waals surface area contributed by atoms with Gasteiger partial charge in [-0.05, 0) is 41.5 Å². The number of amides is 1. The Balaban J connectivity index is 1.40. The van der Waals surface area contributed by atoms with Gasteiger partial charge in [0.05, 0.1) is 17.5 Å². The minimum Gasteiger partial charge on any atom is -0.456 e. The Kier molecular flexibility index (Phi) is 5.68. The zero-order valence-electron chi connectivity index (χ0n) is 18.2. The summed E-state index contributed by atoms with van der Waals surface area (Å²) in [4.78, 5) is 33.1. The number of alkyl halides is 3. The third-order valence-corrected chi connectivity index (χ3v) is 5.68. The maximum absolute atomic E-state index is 13.0. The van der Waals surface area contributed by atoms with Crippen molar-refractivity contribution < 1.29 is 27.5 Å². The number of anilines is 1. The molecule has 2 aromatic carbocycles. The average molecular weight is 477 g/mol. The van der Waals surface area contributed by atoms with Gasteiger partial charge in [-0.3, -0.25) is 14.6 Å². The summed E-state index contributed by atoms with van der Waals surface area (Å²) in [7, 11) is 0. The van der Waals surface area contributed by atoms with Crippen molar-refractivity contribution in [2.24, 2.45) is 0 Å². The van der Waals surface area contributed by atoms with Gasteiger partial charge in [0, 0.05) is 36.2 Å². The predicted molar refractivity (Wildman–Crippen MR) is 122 cm³/mol. The van der Waals surface area contributed by atoms with E-state index in [1.165, 1.54) is 12.1 Å². The molecule has 0 saturated carbocycles. The van der Waals surface area contributed by atoms with Crippen LogP contribution in [0.25, 0.3) is 10.9 Å². The Morgan fingerprint density at radius 1 is 0.971 bits per heavy atom. The number of Topliss-reactive ketones (excluding diaryl/α,β-unsaturated/α-hetero) is 1. The molecule has 3 heterocycles. The van der Waals surface area contributed by atoms with Crippen LogP contribution in [0.4, 0.5) is 19.0 Å². The fourth-order valence-corrected chi connectivity index (χ4v) is 4.10. The zero-order chi connectivity index (χ0) is 24.6. The Morgan fingerprint density at radius 3 is 2.66 bits per heavy atom. The minimum absolute atomic E-state index is 0.00706. The van der Waals surface area contributed by atoms with Gasteiger partial charge in [0.1, 0.15) is 23.1 Å². The molecule has 9 heteroatoms. The second-order valence-electron chi connectivity index (χ2n) is 8.18. The summed E-state index contributed by atoms with van der Waals surface area (Å²) < 4.78 is 45.1. The summed E-state index contributed by atoms with van der Waals surface area (Å²) in [6.07, 6.45) is -1.28. The fraction of sp³-hybridized carbons (Fsp3) is 0.154. The lowest BCUT2D eigenvalue weighted by Crippen LogP contribution is -2.10.